The first kappa shape index (κ1) is 34.4. The van der Waals surface area contributed by atoms with E-state index < -0.39 is 0 Å². The van der Waals surface area contributed by atoms with Crippen molar-refractivity contribution in [3.8, 4) is 0 Å². The molecule has 0 bridgehead atoms. The van der Waals surface area contributed by atoms with E-state index in [0.717, 1.165) is 0 Å². The lowest BCUT2D eigenvalue weighted by molar-refractivity contribution is 0.135. The highest BCUT2D eigenvalue weighted by molar-refractivity contribution is 4.97. The van der Waals surface area contributed by atoms with Gasteiger partial charge in [0.05, 0.1) is 0 Å². The molecule has 1 aliphatic rings. The van der Waals surface area contributed by atoms with Crippen LogP contribution in [0.1, 0.15) is 194 Å². The Kier molecular flexibility index (Phi) is 25.0. The molecule has 220 valence electrons. The van der Waals surface area contributed by atoms with Crippen LogP contribution in [0.2, 0.25) is 0 Å². The van der Waals surface area contributed by atoms with Gasteiger partial charge in [-0.25, -0.2) is 0 Å². The van der Waals surface area contributed by atoms with Gasteiger partial charge in [0.25, 0.3) is 0 Å². The van der Waals surface area contributed by atoms with Crippen LogP contribution in [0.4, 0.5) is 0 Å². The third-order valence-corrected chi connectivity index (χ3v) is 8.57. The molecule has 0 radical (unpaired) electrons. The van der Waals surface area contributed by atoms with Gasteiger partial charge in [-0.1, -0.05) is 168 Å². The first-order chi connectivity index (χ1) is 18.3. The summed E-state index contributed by atoms with van der Waals surface area (Å²) in [6.45, 7) is 9.47. The third-order valence-electron chi connectivity index (χ3n) is 8.57. The lowest BCUT2D eigenvalue weighted by Gasteiger charge is -2.33. The summed E-state index contributed by atoms with van der Waals surface area (Å²) in [4.78, 5) is 5.41. The molecule has 0 fully saturated rings. The Morgan fingerprint density at radius 1 is 0.351 bits per heavy atom. The second-order valence-corrected chi connectivity index (χ2v) is 12.2. The molecule has 1 rings (SSSR count). The lowest BCUT2D eigenvalue weighted by Crippen LogP contribution is -2.39. The fraction of sp³-hybridized carbons (Fsp3) is 0.943. The van der Waals surface area contributed by atoms with Crippen LogP contribution in [0.25, 0.3) is 0 Å². The second-order valence-electron chi connectivity index (χ2n) is 12.2. The summed E-state index contributed by atoms with van der Waals surface area (Å²) in [5.74, 6) is 0. The number of unbranched alkanes of at least 4 members (excludes halogenated alkanes) is 23. The van der Waals surface area contributed by atoms with E-state index in [0.29, 0.717) is 6.17 Å². The molecule has 1 atom stereocenters. The minimum atomic E-state index is 0.642. The lowest BCUT2D eigenvalue weighted by atomic mass is 10.1. The zero-order valence-corrected chi connectivity index (χ0v) is 26.1. The van der Waals surface area contributed by atoms with Gasteiger partial charge in [0, 0.05) is 25.5 Å². The summed E-state index contributed by atoms with van der Waals surface area (Å²) in [6, 6.07) is 0. The Morgan fingerprint density at radius 2 is 0.622 bits per heavy atom. The summed E-state index contributed by atoms with van der Waals surface area (Å²) in [5, 5.41) is 0. The van der Waals surface area contributed by atoms with Crippen LogP contribution < -0.4 is 0 Å². The predicted molar refractivity (Wildman–Crippen MR) is 168 cm³/mol. The van der Waals surface area contributed by atoms with E-state index in [-0.39, 0.29) is 0 Å². The van der Waals surface area contributed by atoms with Crippen LogP contribution >= 0.6 is 0 Å². The van der Waals surface area contributed by atoms with E-state index in [9.17, 15) is 0 Å². The van der Waals surface area contributed by atoms with Gasteiger partial charge in [-0.3, -0.25) is 0 Å². The Morgan fingerprint density at radius 3 is 0.946 bits per heavy atom. The Bertz CT molecular complexity index is 474. The van der Waals surface area contributed by atoms with Gasteiger partial charge < -0.3 is 9.80 Å². The van der Waals surface area contributed by atoms with Crippen LogP contribution in [-0.2, 0) is 0 Å². The Balaban J connectivity index is 2.24. The molecule has 0 aliphatic carbocycles. The average Bonchev–Trinajstić information content (AvgIpc) is 3.29. The maximum absolute atomic E-state index is 2.70. The number of hydrogen-bond donors (Lipinski definition) is 0. The van der Waals surface area contributed by atoms with Gasteiger partial charge in [0.2, 0.25) is 0 Å². The molecule has 0 N–H and O–H groups in total. The normalized spacial score (nSPS) is 15.4. The van der Waals surface area contributed by atoms with Crippen LogP contribution in [0.3, 0.4) is 0 Å². The largest absolute Gasteiger partial charge is 0.356 e. The molecular formula is C35H70N2. The van der Waals surface area contributed by atoms with Gasteiger partial charge in [-0.05, 0) is 25.7 Å². The zero-order chi connectivity index (χ0) is 26.7. The minimum absolute atomic E-state index is 0.642. The van der Waals surface area contributed by atoms with Crippen molar-refractivity contribution in [3.63, 3.8) is 0 Å². The van der Waals surface area contributed by atoms with E-state index in [1.807, 2.05) is 0 Å². The standard InChI is InChI=1S/C35H70N2/c1-4-7-10-13-16-18-20-23-26-29-32-37-34-33-36(31-28-25-22-19-17-14-11-8-5-2)35(37)30-27-24-21-15-12-9-6-3/h33-35H,4-32H2,1-3H3. The maximum Gasteiger partial charge on any atom is 0.101 e. The quantitative estimate of drug-likeness (QED) is 0.0908. The number of rotatable bonds is 29. The molecule has 0 amide bonds. The highest BCUT2D eigenvalue weighted by Crippen LogP contribution is 2.24. The molecule has 2 nitrogen and oxygen atoms in total. The summed E-state index contributed by atoms with van der Waals surface area (Å²) in [5.41, 5.74) is 0. The highest BCUT2D eigenvalue weighted by Gasteiger charge is 2.24. The van der Waals surface area contributed by atoms with Crippen molar-refractivity contribution >= 4 is 0 Å². The van der Waals surface area contributed by atoms with Crippen LogP contribution in [0.15, 0.2) is 12.4 Å². The number of nitrogens with zero attached hydrogens (tertiary/aromatic N) is 2. The molecule has 0 saturated carbocycles. The van der Waals surface area contributed by atoms with E-state index in [4.69, 9.17) is 0 Å². The summed E-state index contributed by atoms with van der Waals surface area (Å²) < 4.78 is 0. The van der Waals surface area contributed by atoms with Crippen LogP contribution in [0.5, 0.6) is 0 Å². The second kappa shape index (κ2) is 26.9. The zero-order valence-electron chi connectivity index (χ0n) is 26.1. The molecule has 1 heterocycles. The molecule has 0 saturated heterocycles. The fourth-order valence-corrected chi connectivity index (χ4v) is 6.01. The SMILES string of the molecule is CCCCCCCCCCCCN1C=CN(CCCCCCCCCCC)C1CCCCCCCCC. The van der Waals surface area contributed by atoms with Crippen molar-refractivity contribution in [1.29, 1.82) is 0 Å². The van der Waals surface area contributed by atoms with Crippen molar-refractivity contribution in [2.45, 2.75) is 200 Å². The van der Waals surface area contributed by atoms with E-state index in [1.165, 1.54) is 186 Å². The molecule has 0 aromatic rings. The molecular weight excluding hydrogens is 448 g/mol. The monoisotopic (exact) mass is 519 g/mol. The molecule has 0 aromatic carbocycles. The summed E-state index contributed by atoms with van der Waals surface area (Å²) in [7, 11) is 0. The number of hydrogen-bond acceptors (Lipinski definition) is 2. The van der Waals surface area contributed by atoms with Gasteiger partial charge in [-0.2, -0.15) is 0 Å². The molecule has 37 heavy (non-hydrogen) atoms. The van der Waals surface area contributed by atoms with Crippen molar-refractivity contribution in [2.75, 3.05) is 13.1 Å². The first-order valence-corrected chi connectivity index (χ1v) is 17.5. The molecule has 0 aromatic heterocycles. The maximum atomic E-state index is 2.70. The van der Waals surface area contributed by atoms with E-state index in [1.54, 1.807) is 0 Å². The van der Waals surface area contributed by atoms with Gasteiger partial charge >= 0.3 is 0 Å². The summed E-state index contributed by atoms with van der Waals surface area (Å²) >= 11 is 0. The van der Waals surface area contributed by atoms with Crippen LogP contribution in [0, 0.1) is 0 Å². The van der Waals surface area contributed by atoms with E-state index in [2.05, 4.69) is 43.0 Å². The highest BCUT2D eigenvalue weighted by atomic mass is 15.4. The Labute approximate surface area is 235 Å². The fourth-order valence-electron chi connectivity index (χ4n) is 6.01. The van der Waals surface area contributed by atoms with Crippen molar-refractivity contribution in [2.24, 2.45) is 0 Å². The van der Waals surface area contributed by atoms with Crippen molar-refractivity contribution in [1.82, 2.24) is 9.80 Å². The van der Waals surface area contributed by atoms with Gasteiger partial charge in [0.1, 0.15) is 6.17 Å². The smallest absolute Gasteiger partial charge is 0.101 e. The van der Waals surface area contributed by atoms with Crippen molar-refractivity contribution in [3.05, 3.63) is 12.4 Å². The predicted octanol–water partition coefficient (Wildman–Crippen LogP) is 12.0. The average molecular weight is 519 g/mol. The molecule has 1 unspecified atom stereocenters. The molecule has 2 heteroatoms. The minimum Gasteiger partial charge on any atom is -0.356 e. The van der Waals surface area contributed by atoms with Gasteiger partial charge in [-0.15, -0.1) is 0 Å². The van der Waals surface area contributed by atoms with Crippen LogP contribution in [-0.4, -0.2) is 29.1 Å². The molecule has 0 spiro atoms. The summed E-state index contributed by atoms with van der Waals surface area (Å²) in [6.07, 6.45) is 44.0. The third kappa shape index (κ3) is 20.0. The first-order valence-electron chi connectivity index (χ1n) is 17.5. The van der Waals surface area contributed by atoms with Gasteiger partial charge in [0.15, 0.2) is 0 Å². The topological polar surface area (TPSA) is 6.48 Å². The Hall–Kier alpha value is -0.660. The van der Waals surface area contributed by atoms with E-state index >= 15 is 0 Å². The molecule has 1 aliphatic heterocycles. The van der Waals surface area contributed by atoms with Crippen molar-refractivity contribution < 1.29 is 0 Å².